The molecule has 0 saturated carbocycles. The molecule has 1 rings (SSSR count). The Labute approximate surface area is 85.3 Å². The monoisotopic (exact) mass is 188 g/mol. The lowest BCUT2D eigenvalue weighted by molar-refractivity contribution is 0.731. The smallest absolute Gasteiger partial charge is 0.0668 e. The van der Waals surface area contributed by atoms with Crippen molar-refractivity contribution >= 4 is 6.08 Å². The van der Waals surface area contributed by atoms with Gasteiger partial charge in [0.25, 0.3) is 0 Å². The van der Waals surface area contributed by atoms with Gasteiger partial charge in [0.15, 0.2) is 0 Å². The minimum absolute atomic E-state index is 1.03. The Hall–Kier alpha value is -1.53. The Morgan fingerprint density at radius 2 is 2.14 bits per heavy atom. The lowest BCUT2D eigenvalue weighted by Gasteiger charge is -1.94. The van der Waals surface area contributed by atoms with E-state index >= 15 is 0 Å². The Balaban J connectivity index is 3.08. The predicted molar refractivity (Wildman–Crippen MR) is 60.0 cm³/mol. The van der Waals surface area contributed by atoms with E-state index in [0.29, 0.717) is 0 Å². The number of aromatic nitrogens is 2. The van der Waals surface area contributed by atoms with Crippen LogP contribution < -0.4 is 0 Å². The molecule has 74 valence electrons. The van der Waals surface area contributed by atoms with Gasteiger partial charge in [-0.3, -0.25) is 4.68 Å². The average molecular weight is 188 g/mol. The lowest BCUT2D eigenvalue weighted by Crippen LogP contribution is -1.92. The number of rotatable bonds is 2. The van der Waals surface area contributed by atoms with Crippen molar-refractivity contribution in [2.75, 3.05) is 0 Å². The zero-order chi connectivity index (χ0) is 10.7. The first kappa shape index (κ1) is 10.6. The largest absolute Gasteiger partial charge is 0.272 e. The highest BCUT2D eigenvalue weighted by atomic mass is 15.3. The number of allylic oxidation sites excluding steroid dienone is 2. The van der Waals surface area contributed by atoms with Gasteiger partial charge in [-0.1, -0.05) is 18.7 Å². The van der Waals surface area contributed by atoms with Crippen LogP contribution in [0.25, 0.3) is 6.08 Å². The summed E-state index contributed by atoms with van der Waals surface area (Å²) < 4.78 is 1.89. The molecule has 0 saturated heterocycles. The molecule has 0 atom stereocenters. The van der Waals surface area contributed by atoms with Crippen LogP contribution >= 0.6 is 0 Å². The second kappa shape index (κ2) is 4.12. The summed E-state index contributed by atoms with van der Waals surface area (Å²) in [5.41, 5.74) is 7.28. The summed E-state index contributed by atoms with van der Waals surface area (Å²) in [6.45, 7) is 9.64. The van der Waals surface area contributed by atoms with Gasteiger partial charge < -0.3 is 0 Å². The quantitative estimate of drug-likeness (QED) is 0.515. The van der Waals surface area contributed by atoms with Gasteiger partial charge in [0, 0.05) is 18.3 Å². The van der Waals surface area contributed by atoms with Crippen molar-refractivity contribution < 1.29 is 0 Å². The molecular weight excluding hydrogens is 172 g/mol. The second-order valence-corrected chi connectivity index (χ2v) is 3.40. The van der Waals surface area contributed by atoms with E-state index in [-0.39, 0.29) is 0 Å². The van der Waals surface area contributed by atoms with E-state index < -0.39 is 0 Å². The lowest BCUT2D eigenvalue weighted by atomic mass is 10.1. The van der Waals surface area contributed by atoms with E-state index in [0.717, 1.165) is 11.3 Å². The fourth-order valence-electron chi connectivity index (χ4n) is 1.30. The summed E-state index contributed by atoms with van der Waals surface area (Å²) in [5, 5.41) is 4.33. The molecule has 0 aliphatic carbocycles. The molecule has 1 aromatic heterocycles. The molecule has 0 aliphatic heterocycles. The third-order valence-electron chi connectivity index (χ3n) is 2.34. The van der Waals surface area contributed by atoms with Crippen molar-refractivity contribution in [1.29, 1.82) is 0 Å². The van der Waals surface area contributed by atoms with Gasteiger partial charge in [0.1, 0.15) is 0 Å². The van der Waals surface area contributed by atoms with Gasteiger partial charge in [-0.05, 0) is 26.3 Å². The molecule has 0 aromatic carbocycles. The molecule has 0 unspecified atom stereocenters. The van der Waals surface area contributed by atoms with Crippen LogP contribution in [0.5, 0.6) is 0 Å². The Kier molecular flexibility index (Phi) is 3.10. The van der Waals surface area contributed by atoms with Crippen LogP contribution in [0.15, 0.2) is 24.0 Å². The van der Waals surface area contributed by atoms with Gasteiger partial charge in [0.2, 0.25) is 0 Å². The van der Waals surface area contributed by atoms with Crippen LogP contribution in [0.2, 0.25) is 0 Å². The number of aryl methyl sites for hydroxylation is 2. The molecule has 1 aromatic rings. The zero-order valence-corrected chi connectivity index (χ0v) is 9.26. The van der Waals surface area contributed by atoms with E-state index in [1.54, 1.807) is 0 Å². The zero-order valence-electron chi connectivity index (χ0n) is 9.26. The molecule has 1 heterocycles. The summed E-state index contributed by atoms with van der Waals surface area (Å²) in [4.78, 5) is 0. The van der Waals surface area contributed by atoms with Crippen LogP contribution in [0.1, 0.15) is 23.9 Å². The van der Waals surface area contributed by atoms with E-state index in [1.807, 2.05) is 31.7 Å². The standard InChI is InChI=1S/C12H16N2/c1-6-9(2)7-8-12-10(3)13-14(5)11(12)4/h7-8H,1H2,2-5H3/b8-7+. The molecular formula is C12H16N2. The van der Waals surface area contributed by atoms with Gasteiger partial charge in [0.05, 0.1) is 5.69 Å². The van der Waals surface area contributed by atoms with Gasteiger partial charge in [-0.2, -0.15) is 5.10 Å². The van der Waals surface area contributed by atoms with Gasteiger partial charge in [-0.25, -0.2) is 0 Å². The SMILES string of the molecule is C=C=C(C)/C=C/c1c(C)nn(C)c1C. The third-order valence-corrected chi connectivity index (χ3v) is 2.34. The van der Waals surface area contributed by atoms with E-state index in [4.69, 9.17) is 0 Å². The van der Waals surface area contributed by atoms with E-state index in [9.17, 15) is 0 Å². The molecule has 0 fully saturated rings. The molecule has 0 N–H and O–H groups in total. The van der Waals surface area contributed by atoms with Crippen molar-refractivity contribution in [1.82, 2.24) is 9.78 Å². The topological polar surface area (TPSA) is 17.8 Å². The fraction of sp³-hybridized carbons (Fsp3) is 0.333. The molecule has 0 amide bonds. The molecule has 0 spiro atoms. The molecule has 0 bridgehead atoms. The first-order chi connectivity index (χ1) is 6.56. The second-order valence-electron chi connectivity index (χ2n) is 3.40. The first-order valence-electron chi connectivity index (χ1n) is 4.61. The summed E-state index contributed by atoms with van der Waals surface area (Å²) in [7, 11) is 1.95. The maximum atomic E-state index is 4.33. The van der Waals surface area contributed by atoms with Crippen molar-refractivity contribution in [2.24, 2.45) is 7.05 Å². The van der Waals surface area contributed by atoms with Crippen LogP contribution in [0, 0.1) is 13.8 Å². The molecule has 14 heavy (non-hydrogen) atoms. The maximum Gasteiger partial charge on any atom is 0.0668 e. The van der Waals surface area contributed by atoms with Crippen molar-refractivity contribution in [2.45, 2.75) is 20.8 Å². The van der Waals surface area contributed by atoms with E-state index in [2.05, 4.69) is 30.4 Å². The fourth-order valence-corrected chi connectivity index (χ4v) is 1.30. The third kappa shape index (κ3) is 2.04. The number of hydrogen-bond donors (Lipinski definition) is 0. The molecule has 0 aliphatic rings. The molecule has 0 radical (unpaired) electrons. The van der Waals surface area contributed by atoms with Crippen LogP contribution in [0.3, 0.4) is 0 Å². The number of hydrogen-bond acceptors (Lipinski definition) is 1. The first-order valence-corrected chi connectivity index (χ1v) is 4.61. The highest BCUT2D eigenvalue weighted by molar-refractivity contribution is 5.56. The highest BCUT2D eigenvalue weighted by Crippen LogP contribution is 2.14. The van der Waals surface area contributed by atoms with Gasteiger partial charge >= 0.3 is 0 Å². The van der Waals surface area contributed by atoms with Crippen molar-refractivity contribution in [3.8, 4) is 0 Å². The van der Waals surface area contributed by atoms with Crippen molar-refractivity contribution in [3.63, 3.8) is 0 Å². The minimum atomic E-state index is 1.03. The summed E-state index contributed by atoms with van der Waals surface area (Å²) >= 11 is 0. The Morgan fingerprint density at radius 3 is 2.57 bits per heavy atom. The normalized spacial score (nSPS) is 10.6. The van der Waals surface area contributed by atoms with Crippen molar-refractivity contribution in [3.05, 3.63) is 40.9 Å². The average Bonchev–Trinajstić information content (AvgIpc) is 2.39. The van der Waals surface area contributed by atoms with Crippen LogP contribution in [0.4, 0.5) is 0 Å². The maximum absolute atomic E-state index is 4.33. The van der Waals surface area contributed by atoms with Gasteiger partial charge in [-0.15, -0.1) is 5.73 Å². The Bertz CT molecular complexity index is 416. The van der Waals surface area contributed by atoms with Crippen LogP contribution in [-0.4, -0.2) is 9.78 Å². The highest BCUT2D eigenvalue weighted by Gasteiger charge is 2.04. The molecule has 2 nitrogen and oxygen atoms in total. The molecule has 2 heteroatoms. The summed E-state index contributed by atoms with van der Waals surface area (Å²) in [6, 6.07) is 0. The Morgan fingerprint density at radius 1 is 1.50 bits per heavy atom. The predicted octanol–water partition coefficient (Wildman–Crippen LogP) is 2.78. The minimum Gasteiger partial charge on any atom is -0.272 e. The summed E-state index contributed by atoms with van der Waals surface area (Å²) in [6.07, 6.45) is 4.06. The number of nitrogens with zero attached hydrogens (tertiary/aromatic N) is 2. The summed E-state index contributed by atoms with van der Waals surface area (Å²) in [5.74, 6) is 0. The van der Waals surface area contributed by atoms with E-state index in [1.165, 1.54) is 11.3 Å². The van der Waals surface area contributed by atoms with Crippen LogP contribution in [-0.2, 0) is 7.05 Å².